The SMILES string of the molecule is CNC(=O)c1nc(SC)sc1NC(=O)[C@@H](C)N(C)C(=O)OC(C)(C)C. The van der Waals surface area contributed by atoms with Crippen LogP contribution in [0.3, 0.4) is 0 Å². The Balaban J connectivity index is 2.89. The van der Waals surface area contributed by atoms with Crippen molar-refractivity contribution in [3.05, 3.63) is 5.69 Å². The van der Waals surface area contributed by atoms with Gasteiger partial charge in [-0.25, -0.2) is 9.78 Å². The molecule has 8 nitrogen and oxygen atoms in total. The van der Waals surface area contributed by atoms with E-state index in [2.05, 4.69) is 15.6 Å². The van der Waals surface area contributed by atoms with E-state index in [0.29, 0.717) is 9.34 Å². The van der Waals surface area contributed by atoms with Crippen molar-refractivity contribution in [3.8, 4) is 0 Å². The lowest BCUT2D eigenvalue weighted by Gasteiger charge is -2.28. The third kappa shape index (κ3) is 5.89. The minimum Gasteiger partial charge on any atom is -0.444 e. The normalized spacial score (nSPS) is 12.3. The van der Waals surface area contributed by atoms with Crippen LogP contribution in [0, 0.1) is 0 Å². The van der Waals surface area contributed by atoms with Crippen molar-refractivity contribution < 1.29 is 19.1 Å². The number of rotatable bonds is 5. The molecular formula is C15H24N4O4S2. The lowest BCUT2D eigenvalue weighted by Crippen LogP contribution is -2.45. The maximum absolute atomic E-state index is 12.5. The summed E-state index contributed by atoms with van der Waals surface area (Å²) < 4.78 is 5.91. The van der Waals surface area contributed by atoms with Crippen molar-refractivity contribution in [1.29, 1.82) is 0 Å². The summed E-state index contributed by atoms with van der Waals surface area (Å²) in [7, 11) is 2.98. The van der Waals surface area contributed by atoms with Gasteiger partial charge in [-0.05, 0) is 34.0 Å². The fourth-order valence-electron chi connectivity index (χ4n) is 1.63. The first-order valence-corrected chi connectivity index (χ1v) is 9.57. The fourth-order valence-corrected chi connectivity index (χ4v) is 3.09. The maximum Gasteiger partial charge on any atom is 0.410 e. The molecule has 0 aliphatic carbocycles. The number of hydrogen-bond donors (Lipinski definition) is 2. The molecule has 1 heterocycles. The second-order valence-electron chi connectivity index (χ2n) is 6.20. The van der Waals surface area contributed by atoms with Gasteiger partial charge in [0, 0.05) is 14.1 Å². The number of nitrogens with one attached hydrogen (secondary N) is 2. The molecule has 0 spiro atoms. The van der Waals surface area contributed by atoms with Gasteiger partial charge in [-0.2, -0.15) is 0 Å². The average Bonchev–Trinajstić information content (AvgIpc) is 2.93. The standard InChI is InChI=1S/C15H24N4O4S2/c1-8(19(6)14(22)23-15(2,3)4)10(20)18-12-9(11(21)16-5)17-13(24-7)25-12/h8H,1-7H3,(H,16,21)(H,18,20)/t8-/m1/s1. The molecule has 140 valence electrons. The van der Waals surface area contributed by atoms with Crippen LogP contribution in [0.1, 0.15) is 38.2 Å². The van der Waals surface area contributed by atoms with Gasteiger partial charge in [0.25, 0.3) is 5.91 Å². The van der Waals surface area contributed by atoms with E-state index >= 15 is 0 Å². The predicted molar refractivity (Wildman–Crippen MR) is 99.4 cm³/mol. The summed E-state index contributed by atoms with van der Waals surface area (Å²) in [5.74, 6) is -0.824. The van der Waals surface area contributed by atoms with Gasteiger partial charge in [0.05, 0.1) is 0 Å². The molecule has 0 radical (unpaired) electrons. The molecule has 0 bridgehead atoms. The largest absolute Gasteiger partial charge is 0.444 e. The molecule has 1 aromatic rings. The topological polar surface area (TPSA) is 101 Å². The summed E-state index contributed by atoms with van der Waals surface area (Å²) in [6, 6.07) is -0.785. The van der Waals surface area contributed by atoms with Gasteiger partial charge in [-0.1, -0.05) is 23.1 Å². The fraction of sp³-hybridized carbons (Fsp3) is 0.600. The minimum absolute atomic E-state index is 0.150. The highest BCUT2D eigenvalue weighted by molar-refractivity contribution is 8.00. The van der Waals surface area contributed by atoms with Crippen LogP contribution in [0.4, 0.5) is 9.80 Å². The smallest absolute Gasteiger partial charge is 0.410 e. The van der Waals surface area contributed by atoms with Gasteiger partial charge in [0.2, 0.25) is 5.91 Å². The van der Waals surface area contributed by atoms with Crippen LogP contribution in [-0.4, -0.2) is 59.8 Å². The molecule has 0 saturated carbocycles. The molecule has 0 fully saturated rings. The number of thioether (sulfide) groups is 1. The zero-order valence-electron chi connectivity index (χ0n) is 15.4. The lowest BCUT2D eigenvalue weighted by atomic mass is 10.2. The van der Waals surface area contributed by atoms with Gasteiger partial charge in [-0.15, -0.1) is 0 Å². The Hall–Kier alpha value is -1.81. The highest BCUT2D eigenvalue weighted by Crippen LogP contribution is 2.30. The van der Waals surface area contributed by atoms with Gasteiger partial charge in [0.15, 0.2) is 10.0 Å². The van der Waals surface area contributed by atoms with E-state index in [1.54, 1.807) is 27.7 Å². The number of amides is 3. The summed E-state index contributed by atoms with van der Waals surface area (Å²) in [5.41, 5.74) is -0.504. The van der Waals surface area contributed by atoms with Crippen LogP contribution < -0.4 is 10.6 Å². The summed E-state index contributed by atoms with van der Waals surface area (Å²) in [6.45, 7) is 6.83. The van der Waals surface area contributed by atoms with E-state index in [-0.39, 0.29) is 11.6 Å². The zero-order valence-corrected chi connectivity index (χ0v) is 17.1. The first-order valence-electron chi connectivity index (χ1n) is 7.53. The second-order valence-corrected chi connectivity index (χ2v) is 8.25. The Labute approximate surface area is 155 Å². The first-order chi connectivity index (χ1) is 11.5. The van der Waals surface area contributed by atoms with Crippen molar-refractivity contribution in [2.75, 3.05) is 25.7 Å². The van der Waals surface area contributed by atoms with Crippen molar-refractivity contribution in [3.63, 3.8) is 0 Å². The van der Waals surface area contributed by atoms with E-state index < -0.39 is 23.6 Å². The van der Waals surface area contributed by atoms with E-state index in [1.807, 2.05) is 6.26 Å². The number of likely N-dealkylation sites (N-methyl/N-ethyl adjacent to an activating group) is 1. The lowest BCUT2D eigenvalue weighted by molar-refractivity contribution is -0.120. The van der Waals surface area contributed by atoms with Crippen molar-refractivity contribution >= 4 is 46.0 Å². The molecule has 3 amide bonds. The molecular weight excluding hydrogens is 364 g/mol. The van der Waals surface area contributed by atoms with Crippen LogP contribution in [0.15, 0.2) is 4.34 Å². The molecule has 10 heteroatoms. The number of ether oxygens (including phenoxy) is 1. The highest BCUT2D eigenvalue weighted by atomic mass is 32.2. The molecule has 0 unspecified atom stereocenters. The molecule has 0 aliphatic heterocycles. The summed E-state index contributed by atoms with van der Waals surface area (Å²) >= 11 is 2.58. The van der Waals surface area contributed by atoms with Crippen molar-refractivity contribution in [2.24, 2.45) is 0 Å². The number of aromatic nitrogens is 1. The molecule has 1 aromatic heterocycles. The monoisotopic (exact) mass is 388 g/mol. The molecule has 0 aromatic carbocycles. The summed E-state index contributed by atoms with van der Waals surface area (Å²) in [6.07, 6.45) is 1.23. The van der Waals surface area contributed by atoms with Crippen LogP contribution in [0.25, 0.3) is 0 Å². The number of nitrogens with zero attached hydrogens (tertiary/aromatic N) is 2. The van der Waals surface area contributed by atoms with E-state index in [0.717, 1.165) is 0 Å². The maximum atomic E-state index is 12.5. The van der Waals surface area contributed by atoms with Gasteiger partial charge in [0.1, 0.15) is 16.6 Å². The zero-order chi connectivity index (χ0) is 19.4. The molecule has 1 rings (SSSR count). The molecule has 1 atom stereocenters. The first kappa shape index (κ1) is 21.2. The third-order valence-electron chi connectivity index (χ3n) is 3.10. The quantitative estimate of drug-likeness (QED) is 0.752. The van der Waals surface area contributed by atoms with E-state index in [9.17, 15) is 14.4 Å². The van der Waals surface area contributed by atoms with Crippen molar-refractivity contribution in [1.82, 2.24) is 15.2 Å². The predicted octanol–water partition coefficient (Wildman–Crippen LogP) is 2.42. The number of hydrogen-bond acceptors (Lipinski definition) is 7. The molecule has 0 saturated heterocycles. The molecule has 0 aliphatic rings. The Morgan fingerprint density at radius 2 is 1.92 bits per heavy atom. The molecule has 25 heavy (non-hydrogen) atoms. The number of thiazole rings is 1. The van der Waals surface area contributed by atoms with Crippen LogP contribution >= 0.6 is 23.1 Å². The Bertz CT molecular complexity index is 654. The number of carbonyl (C=O) groups excluding carboxylic acids is 3. The average molecular weight is 389 g/mol. The highest BCUT2D eigenvalue weighted by Gasteiger charge is 2.28. The Kier molecular flexibility index (Phi) is 7.24. The Morgan fingerprint density at radius 3 is 2.40 bits per heavy atom. The summed E-state index contributed by atoms with van der Waals surface area (Å²) in [4.78, 5) is 41.8. The number of anilines is 1. The minimum atomic E-state index is -0.785. The van der Waals surface area contributed by atoms with Crippen molar-refractivity contribution in [2.45, 2.75) is 43.7 Å². The van der Waals surface area contributed by atoms with E-state index in [4.69, 9.17) is 4.74 Å². The second kappa shape index (κ2) is 8.52. The van der Waals surface area contributed by atoms with Gasteiger partial charge >= 0.3 is 6.09 Å². The van der Waals surface area contributed by atoms with Crippen LogP contribution in [-0.2, 0) is 9.53 Å². The Morgan fingerprint density at radius 1 is 1.32 bits per heavy atom. The van der Waals surface area contributed by atoms with E-state index in [1.165, 1.54) is 42.1 Å². The van der Waals surface area contributed by atoms with Gasteiger partial charge < -0.3 is 15.4 Å². The third-order valence-corrected chi connectivity index (χ3v) is 5.06. The summed E-state index contributed by atoms with van der Waals surface area (Å²) in [5, 5.41) is 5.51. The number of carbonyl (C=O) groups is 3. The van der Waals surface area contributed by atoms with Crippen LogP contribution in [0.2, 0.25) is 0 Å². The van der Waals surface area contributed by atoms with Gasteiger partial charge in [-0.3, -0.25) is 14.5 Å². The van der Waals surface area contributed by atoms with Crippen LogP contribution in [0.5, 0.6) is 0 Å². The molecule has 2 N–H and O–H groups in total.